The summed E-state index contributed by atoms with van der Waals surface area (Å²) in [5, 5.41) is 12.2. The van der Waals surface area contributed by atoms with E-state index in [9.17, 15) is 14.7 Å². The number of aliphatic hydroxyl groups is 1. The maximum absolute atomic E-state index is 12.5. The molecule has 1 atom stereocenters. The first-order chi connectivity index (χ1) is 13.0. The lowest BCUT2D eigenvalue weighted by atomic mass is 9.98. The molecule has 2 aromatic carbocycles. The molecule has 1 aliphatic heterocycles. The van der Waals surface area contributed by atoms with Gasteiger partial charge in [-0.25, -0.2) is 0 Å². The van der Waals surface area contributed by atoms with Gasteiger partial charge < -0.3 is 15.3 Å². The van der Waals surface area contributed by atoms with Crippen molar-refractivity contribution in [3.8, 4) is 0 Å². The average Bonchev–Trinajstić information content (AvgIpc) is 2.69. The molecular formula is C21H23BrN2O3. The number of hydrogen-bond acceptors (Lipinski definition) is 3. The van der Waals surface area contributed by atoms with E-state index < -0.39 is 0 Å². The van der Waals surface area contributed by atoms with E-state index in [0.29, 0.717) is 24.2 Å². The second-order valence-electron chi connectivity index (χ2n) is 6.87. The summed E-state index contributed by atoms with van der Waals surface area (Å²) in [5.41, 5.74) is 2.17. The van der Waals surface area contributed by atoms with Crippen molar-refractivity contribution in [3.05, 3.63) is 64.1 Å². The summed E-state index contributed by atoms with van der Waals surface area (Å²) in [7, 11) is 0. The number of carbonyl (C=O) groups excluding carboxylic acids is 2. The number of aliphatic hydroxyl groups excluding tert-OH is 1. The van der Waals surface area contributed by atoms with Crippen molar-refractivity contribution in [2.24, 2.45) is 5.92 Å². The second kappa shape index (κ2) is 9.15. The van der Waals surface area contributed by atoms with Crippen LogP contribution in [-0.4, -0.2) is 41.5 Å². The highest BCUT2D eigenvalue weighted by Crippen LogP contribution is 2.18. The summed E-state index contributed by atoms with van der Waals surface area (Å²) in [6.07, 6.45) is 2.25. The number of carbonyl (C=O) groups is 2. The third-order valence-corrected chi connectivity index (χ3v) is 5.28. The second-order valence-corrected chi connectivity index (χ2v) is 7.78. The minimum absolute atomic E-state index is 0.0825. The van der Waals surface area contributed by atoms with Crippen molar-refractivity contribution in [2.75, 3.05) is 25.0 Å². The molecular weight excluding hydrogens is 408 g/mol. The first kappa shape index (κ1) is 19.6. The Balaban J connectivity index is 1.57. The van der Waals surface area contributed by atoms with Crippen LogP contribution in [0.2, 0.25) is 0 Å². The summed E-state index contributed by atoms with van der Waals surface area (Å²) in [6.45, 7) is 1.53. The fourth-order valence-electron chi connectivity index (χ4n) is 3.27. The van der Waals surface area contributed by atoms with Crippen LogP contribution in [0.3, 0.4) is 0 Å². The zero-order chi connectivity index (χ0) is 19.2. The molecule has 0 radical (unpaired) electrons. The molecule has 1 fully saturated rings. The predicted molar refractivity (Wildman–Crippen MR) is 109 cm³/mol. The minimum Gasteiger partial charge on any atom is -0.396 e. The monoisotopic (exact) mass is 430 g/mol. The molecule has 2 aromatic rings. The molecule has 0 aliphatic carbocycles. The number of rotatable bonds is 5. The molecule has 2 N–H and O–H groups in total. The molecule has 5 nitrogen and oxygen atoms in total. The quantitative estimate of drug-likeness (QED) is 0.762. The molecule has 1 aliphatic rings. The average molecular weight is 431 g/mol. The van der Waals surface area contributed by atoms with Crippen molar-refractivity contribution in [2.45, 2.75) is 19.3 Å². The standard InChI is InChI=1S/C21H23BrN2O3/c22-18-5-1-4-17(12-18)21(27)23-19-8-6-15(7-9-19)11-20(26)24-10-2-3-16(13-24)14-25/h1,4-9,12,16,25H,2-3,10-11,13-14H2,(H,23,27). The van der Waals surface area contributed by atoms with Crippen LogP contribution in [0.5, 0.6) is 0 Å². The molecule has 142 valence electrons. The number of benzene rings is 2. The van der Waals surface area contributed by atoms with E-state index in [2.05, 4.69) is 21.2 Å². The molecule has 2 amide bonds. The summed E-state index contributed by atoms with van der Waals surface area (Å²) in [5.74, 6) is 0.0980. The van der Waals surface area contributed by atoms with Gasteiger partial charge >= 0.3 is 0 Å². The van der Waals surface area contributed by atoms with Crippen LogP contribution < -0.4 is 5.32 Å². The Hall–Kier alpha value is -2.18. The first-order valence-electron chi connectivity index (χ1n) is 9.09. The normalized spacial score (nSPS) is 16.8. The van der Waals surface area contributed by atoms with E-state index in [1.165, 1.54) is 0 Å². The number of nitrogens with zero attached hydrogens (tertiary/aromatic N) is 1. The lowest BCUT2D eigenvalue weighted by Gasteiger charge is -2.32. The van der Waals surface area contributed by atoms with Crippen LogP contribution in [0, 0.1) is 5.92 Å². The molecule has 27 heavy (non-hydrogen) atoms. The van der Waals surface area contributed by atoms with Gasteiger partial charge in [-0.15, -0.1) is 0 Å². The highest BCUT2D eigenvalue weighted by Gasteiger charge is 2.23. The number of amides is 2. The van der Waals surface area contributed by atoms with Gasteiger partial charge in [0.1, 0.15) is 0 Å². The van der Waals surface area contributed by atoms with E-state index in [0.717, 1.165) is 29.4 Å². The Morgan fingerprint density at radius 3 is 2.67 bits per heavy atom. The predicted octanol–water partition coefficient (Wildman–Crippen LogP) is 3.47. The van der Waals surface area contributed by atoms with E-state index in [-0.39, 0.29) is 24.3 Å². The van der Waals surface area contributed by atoms with Gasteiger partial charge in [-0.05, 0) is 54.7 Å². The number of nitrogens with one attached hydrogen (secondary N) is 1. The van der Waals surface area contributed by atoms with E-state index in [4.69, 9.17) is 0 Å². The number of halogens is 1. The molecule has 1 saturated heterocycles. The van der Waals surface area contributed by atoms with Gasteiger partial charge in [0.15, 0.2) is 0 Å². The molecule has 0 spiro atoms. The Kier molecular flexibility index (Phi) is 6.63. The molecule has 1 unspecified atom stereocenters. The van der Waals surface area contributed by atoms with Crippen molar-refractivity contribution in [3.63, 3.8) is 0 Å². The minimum atomic E-state index is -0.177. The van der Waals surface area contributed by atoms with Crippen molar-refractivity contribution in [1.29, 1.82) is 0 Å². The lowest BCUT2D eigenvalue weighted by Crippen LogP contribution is -2.41. The highest BCUT2D eigenvalue weighted by molar-refractivity contribution is 9.10. The molecule has 6 heteroatoms. The molecule has 1 heterocycles. The van der Waals surface area contributed by atoms with Gasteiger partial charge in [0.2, 0.25) is 5.91 Å². The zero-order valence-electron chi connectivity index (χ0n) is 15.0. The number of piperidine rings is 1. The van der Waals surface area contributed by atoms with E-state index in [1.54, 1.807) is 12.1 Å². The fraction of sp³-hybridized carbons (Fsp3) is 0.333. The van der Waals surface area contributed by atoms with Crippen molar-refractivity contribution < 1.29 is 14.7 Å². The van der Waals surface area contributed by atoms with Crippen LogP contribution in [-0.2, 0) is 11.2 Å². The summed E-state index contributed by atoms with van der Waals surface area (Å²) in [4.78, 5) is 26.6. The number of likely N-dealkylation sites (tertiary alicyclic amines) is 1. The fourth-order valence-corrected chi connectivity index (χ4v) is 3.67. The Labute approximate surface area is 167 Å². The van der Waals surface area contributed by atoms with Gasteiger partial charge in [0, 0.05) is 35.4 Å². The molecule has 3 rings (SSSR count). The topological polar surface area (TPSA) is 69.6 Å². The number of anilines is 1. The first-order valence-corrected chi connectivity index (χ1v) is 9.89. The van der Waals surface area contributed by atoms with Gasteiger partial charge in [-0.3, -0.25) is 9.59 Å². The molecule has 0 aromatic heterocycles. The maximum atomic E-state index is 12.5. The number of hydrogen-bond donors (Lipinski definition) is 2. The molecule has 0 saturated carbocycles. The third-order valence-electron chi connectivity index (χ3n) is 4.78. The molecule has 0 bridgehead atoms. The summed E-state index contributed by atoms with van der Waals surface area (Å²) in [6, 6.07) is 14.6. The van der Waals surface area contributed by atoms with E-state index >= 15 is 0 Å². The van der Waals surface area contributed by atoms with Gasteiger partial charge in [-0.1, -0.05) is 34.1 Å². The third kappa shape index (κ3) is 5.40. The van der Waals surface area contributed by atoms with Crippen molar-refractivity contribution >= 4 is 33.4 Å². The Morgan fingerprint density at radius 1 is 1.19 bits per heavy atom. The van der Waals surface area contributed by atoms with Gasteiger partial charge in [-0.2, -0.15) is 0 Å². The van der Waals surface area contributed by atoms with Crippen molar-refractivity contribution in [1.82, 2.24) is 4.90 Å². The zero-order valence-corrected chi connectivity index (χ0v) is 16.6. The van der Waals surface area contributed by atoms with Crippen LogP contribution in [0.4, 0.5) is 5.69 Å². The Morgan fingerprint density at radius 2 is 1.96 bits per heavy atom. The maximum Gasteiger partial charge on any atom is 0.255 e. The summed E-state index contributed by atoms with van der Waals surface area (Å²) < 4.78 is 0.852. The van der Waals surface area contributed by atoms with Gasteiger partial charge in [0.05, 0.1) is 6.42 Å². The van der Waals surface area contributed by atoms with Crippen LogP contribution in [0.25, 0.3) is 0 Å². The summed E-state index contributed by atoms with van der Waals surface area (Å²) >= 11 is 3.36. The smallest absolute Gasteiger partial charge is 0.255 e. The van der Waals surface area contributed by atoms with E-state index in [1.807, 2.05) is 41.3 Å². The SMILES string of the molecule is O=C(Nc1ccc(CC(=O)N2CCCC(CO)C2)cc1)c1cccc(Br)c1. The largest absolute Gasteiger partial charge is 0.396 e. The lowest BCUT2D eigenvalue weighted by molar-refractivity contribution is -0.132. The van der Waals surface area contributed by atoms with Gasteiger partial charge in [0.25, 0.3) is 5.91 Å². The van der Waals surface area contributed by atoms with Crippen LogP contribution in [0.1, 0.15) is 28.8 Å². The van der Waals surface area contributed by atoms with Crippen LogP contribution in [0.15, 0.2) is 53.0 Å². The highest BCUT2D eigenvalue weighted by atomic mass is 79.9. The van der Waals surface area contributed by atoms with Crippen LogP contribution >= 0.6 is 15.9 Å². The Bertz CT molecular complexity index is 807.